The van der Waals surface area contributed by atoms with Gasteiger partial charge in [0.15, 0.2) is 0 Å². The van der Waals surface area contributed by atoms with E-state index in [0.29, 0.717) is 17.5 Å². The van der Waals surface area contributed by atoms with Crippen molar-refractivity contribution in [2.75, 3.05) is 27.2 Å². The van der Waals surface area contributed by atoms with E-state index in [-0.39, 0.29) is 5.91 Å². The van der Waals surface area contributed by atoms with E-state index in [1.807, 2.05) is 37.2 Å². The molecule has 0 spiro atoms. The van der Waals surface area contributed by atoms with Crippen molar-refractivity contribution in [3.05, 3.63) is 41.1 Å². The molecule has 148 valence electrons. The van der Waals surface area contributed by atoms with Gasteiger partial charge in [-0.3, -0.25) is 9.89 Å². The third-order valence-corrected chi connectivity index (χ3v) is 5.64. The average Bonchev–Trinajstić information content (AvgIpc) is 3.22. The van der Waals surface area contributed by atoms with E-state index in [9.17, 15) is 4.79 Å². The molecule has 0 aliphatic heterocycles. The third-order valence-electron chi connectivity index (χ3n) is 5.64. The van der Waals surface area contributed by atoms with Crippen LogP contribution in [0.1, 0.15) is 41.9 Å². The molecule has 2 aromatic heterocycles. The summed E-state index contributed by atoms with van der Waals surface area (Å²) in [6.07, 6.45) is 3.25. The lowest BCUT2D eigenvalue weighted by Gasteiger charge is -2.28. The highest BCUT2D eigenvalue weighted by Gasteiger charge is 2.29. The van der Waals surface area contributed by atoms with Crippen LogP contribution in [0.4, 0.5) is 0 Å². The van der Waals surface area contributed by atoms with Crippen molar-refractivity contribution in [1.29, 1.82) is 0 Å². The molecule has 0 radical (unpaired) electrons. The Bertz CT molecular complexity index is 1010. The van der Waals surface area contributed by atoms with Crippen molar-refractivity contribution in [3.63, 3.8) is 0 Å². The third kappa shape index (κ3) is 3.69. The van der Waals surface area contributed by atoms with E-state index in [1.54, 1.807) is 0 Å². The van der Waals surface area contributed by atoms with E-state index < -0.39 is 0 Å². The predicted octanol–water partition coefficient (Wildman–Crippen LogP) is 3.36. The molecule has 1 amide bonds. The molecule has 0 saturated carbocycles. The molecule has 0 atom stereocenters. The number of hydrogen-bond acceptors (Lipinski definition) is 3. The highest BCUT2D eigenvalue weighted by atomic mass is 16.1. The Morgan fingerprint density at radius 3 is 2.89 bits per heavy atom. The second kappa shape index (κ2) is 7.09. The van der Waals surface area contributed by atoms with E-state index >= 15 is 0 Å². The molecule has 28 heavy (non-hydrogen) atoms. The van der Waals surface area contributed by atoms with E-state index in [2.05, 4.69) is 40.4 Å². The number of carbonyl (C=O) groups is 1. The van der Waals surface area contributed by atoms with Crippen LogP contribution in [0, 0.1) is 5.41 Å². The fourth-order valence-electron chi connectivity index (χ4n) is 3.97. The number of hydrogen-bond donors (Lipinski definition) is 3. The molecule has 0 bridgehead atoms. The number of rotatable bonds is 5. The zero-order valence-electron chi connectivity index (χ0n) is 17.1. The summed E-state index contributed by atoms with van der Waals surface area (Å²) in [5.41, 5.74) is 6.64. The molecule has 4 rings (SSSR count). The highest BCUT2D eigenvalue weighted by molar-refractivity contribution is 5.99. The summed E-state index contributed by atoms with van der Waals surface area (Å²) < 4.78 is 0. The van der Waals surface area contributed by atoms with Gasteiger partial charge in [-0.2, -0.15) is 5.10 Å². The van der Waals surface area contributed by atoms with Crippen molar-refractivity contribution in [2.24, 2.45) is 5.41 Å². The molecular formula is C22H29N5O. The maximum absolute atomic E-state index is 12.4. The lowest BCUT2D eigenvalue weighted by molar-refractivity contribution is 0.0951. The van der Waals surface area contributed by atoms with Crippen LogP contribution in [0.25, 0.3) is 22.3 Å². The van der Waals surface area contributed by atoms with Crippen LogP contribution in [0.3, 0.4) is 0 Å². The Balaban J connectivity index is 1.58. The normalized spacial score (nSPS) is 15.8. The summed E-state index contributed by atoms with van der Waals surface area (Å²) in [5.74, 6) is -0.0362. The minimum Gasteiger partial charge on any atom is -0.353 e. The molecule has 1 aliphatic rings. The molecule has 0 unspecified atom stereocenters. The first kappa shape index (κ1) is 18.7. The fraction of sp³-hybridized carbons (Fsp3) is 0.455. The quantitative estimate of drug-likeness (QED) is 0.636. The lowest BCUT2D eigenvalue weighted by atomic mass is 9.76. The van der Waals surface area contributed by atoms with Crippen LogP contribution in [-0.2, 0) is 12.8 Å². The molecule has 3 aromatic rings. The van der Waals surface area contributed by atoms with Gasteiger partial charge in [-0.1, -0.05) is 13.8 Å². The largest absolute Gasteiger partial charge is 0.353 e. The van der Waals surface area contributed by atoms with Crippen LogP contribution in [-0.4, -0.2) is 53.2 Å². The first-order valence-corrected chi connectivity index (χ1v) is 9.95. The number of benzene rings is 1. The smallest absolute Gasteiger partial charge is 0.251 e. The maximum Gasteiger partial charge on any atom is 0.251 e. The number of likely N-dealkylation sites (N-methyl/N-ethyl adjacent to an activating group) is 1. The van der Waals surface area contributed by atoms with Gasteiger partial charge in [0, 0.05) is 40.8 Å². The summed E-state index contributed by atoms with van der Waals surface area (Å²) in [6, 6.07) is 7.89. The zero-order chi connectivity index (χ0) is 19.9. The molecule has 6 heteroatoms. The Hall–Kier alpha value is -2.60. The molecule has 2 heterocycles. The topological polar surface area (TPSA) is 76.8 Å². The van der Waals surface area contributed by atoms with Crippen molar-refractivity contribution >= 4 is 16.8 Å². The van der Waals surface area contributed by atoms with Crippen LogP contribution < -0.4 is 5.32 Å². The van der Waals surface area contributed by atoms with E-state index in [4.69, 9.17) is 0 Å². The minimum absolute atomic E-state index is 0.0362. The van der Waals surface area contributed by atoms with Gasteiger partial charge in [-0.15, -0.1) is 0 Å². The van der Waals surface area contributed by atoms with Crippen molar-refractivity contribution < 1.29 is 4.79 Å². The number of aromatic amines is 2. The Morgan fingerprint density at radius 2 is 2.11 bits per heavy atom. The van der Waals surface area contributed by atoms with Gasteiger partial charge in [0.05, 0.1) is 5.69 Å². The van der Waals surface area contributed by atoms with Crippen LogP contribution >= 0.6 is 0 Å². The maximum atomic E-state index is 12.4. The highest BCUT2D eigenvalue weighted by Crippen LogP contribution is 2.38. The zero-order valence-corrected chi connectivity index (χ0v) is 17.1. The van der Waals surface area contributed by atoms with Gasteiger partial charge in [0.2, 0.25) is 0 Å². The number of amides is 1. The summed E-state index contributed by atoms with van der Waals surface area (Å²) in [7, 11) is 3.99. The fourth-order valence-corrected chi connectivity index (χ4v) is 3.97. The van der Waals surface area contributed by atoms with E-state index in [0.717, 1.165) is 41.7 Å². The van der Waals surface area contributed by atoms with Gasteiger partial charge < -0.3 is 15.2 Å². The minimum atomic E-state index is -0.0362. The number of nitrogens with zero attached hydrogens (tertiary/aromatic N) is 2. The molecule has 1 aromatic carbocycles. The van der Waals surface area contributed by atoms with Gasteiger partial charge in [-0.25, -0.2) is 0 Å². The molecule has 3 N–H and O–H groups in total. The van der Waals surface area contributed by atoms with Gasteiger partial charge in [-0.05, 0) is 63.0 Å². The summed E-state index contributed by atoms with van der Waals surface area (Å²) >= 11 is 0. The van der Waals surface area contributed by atoms with Crippen molar-refractivity contribution in [3.8, 4) is 11.4 Å². The predicted molar refractivity (Wildman–Crippen MR) is 113 cm³/mol. The molecule has 0 fully saturated rings. The van der Waals surface area contributed by atoms with Crippen LogP contribution in [0.5, 0.6) is 0 Å². The van der Waals surface area contributed by atoms with Crippen LogP contribution in [0.15, 0.2) is 24.3 Å². The Morgan fingerprint density at radius 1 is 1.29 bits per heavy atom. The number of aromatic nitrogens is 3. The monoisotopic (exact) mass is 379 g/mol. The summed E-state index contributed by atoms with van der Waals surface area (Å²) in [4.78, 5) is 17.9. The Kier molecular flexibility index (Phi) is 4.75. The molecule has 0 saturated heterocycles. The standard InChI is InChI=1S/C22H29N5O/c1-22(2)8-7-16-19(13-22)25-26-20(16)18-12-15-11-14(5-6-17(15)24-18)21(28)23-9-10-27(3)4/h5-6,11-12,24H,7-10,13H2,1-4H3,(H,23,28)(H,25,26). The van der Waals surface area contributed by atoms with Crippen molar-refractivity contribution in [2.45, 2.75) is 33.1 Å². The van der Waals surface area contributed by atoms with Gasteiger partial charge >= 0.3 is 0 Å². The molecule has 1 aliphatic carbocycles. The first-order valence-electron chi connectivity index (χ1n) is 9.95. The second-order valence-corrected chi connectivity index (χ2v) is 8.91. The van der Waals surface area contributed by atoms with Crippen LogP contribution in [0.2, 0.25) is 0 Å². The van der Waals surface area contributed by atoms with Crippen molar-refractivity contribution in [1.82, 2.24) is 25.4 Å². The van der Waals surface area contributed by atoms with E-state index in [1.165, 1.54) is 17.7 Å². The average molecular weight is 380 g/mol. The number of nitrogens with one attached hydrogen (secondary N) is 3. The first-order chi connectivity index (χ1) is 13.3. The Labute approximate surface area is 165 Å². The van der Waals surface area contributed by atoms with Gasteiger partial charge in [0.25, 0.3) is 5.91 Å². The summed E-state index contributed by atoms with van der Waals surface area (Å²) in [6.45, 7) is 6.08. The SMILES string of the molecule is CN(C)CCNC(=O)c1ccc2[nH]c(-c3n[nH]c4c3CCC(C)(C)C4)cc2c1. The molecular weight excluding hydrogens is 350 g/mol. The number of carbonyl (C=O) groups excluding carboxylic acids is 1. The number of fused-ring (bicyclic) bond motifs is 2. The molecule has 6 nitrogen and oxygen atoms in total. The number of H-pyrrole nitrogens is 2. The van der Waals surface area contributed by atoms with Gasteiger partial charge in [0.1, 0.15) is 5.69 Å². The summed E-state index contributed by atoms with van der Waals surface area (Å²) in [5, 5.41) is 11.9. The second-order valence-electron chi connectivity index (χ2n) is 8.91. The lowest BCUT2D eigenvalue weighted by Crippen LogP contribution is -2.31.